The lowest BCUT2D eigenvalue weighted by atomic mass is 10.2. The number of nitrogens with zero attached hydrogens (tertiary/aromatic N) is 3. The normalized spacial score (nSPS) is 13.4. The van der Waals surface area contributed by atoms with Crippen molar-refractivity contribution < 1.29 is 14.5 Å². The summed E-state index contributed by atoms with van der Waals surface area (Å²) in [6.45, 7) is 0.986. The first kappa shape index (κ1) is 19.2. The van der Waals surface area contributed by atoms with Crippen molar-refractivity contribution in [3.8, 4) is 5.75 Å². The van der Waals surface area contributed by atoms with E-state index >= 15 is 0 Å². The van der Waals surface area contributed by atoms with Gasteiger partial charge < -0.3 is 4.74 Å². The molecule has 0 saturated carbocycles. The van der Waals surface area contributed by atoms with E-state index in [9.17, 15) is 14.9 Å². The summed E-state index contributed by atoms with van der Waals surface area (Å²) >= 11 is 7.25. The Balaban J connectivity index is 1.52. The number of carbonyl (C=O) groups excluding carboxylic acids is 1. The maximum atomic E-state index is 12.4. The second-order valence-corrected chi connectivity index (χ2v) is 7.04. The number of rotatable bonds is 6. The van der Waals surface area contributed by atoms with Crippen LogP contribution in [0, 0.1) is 10.1 Å². The summed E-state index contributed by atoms with van der Waals surface area (Å²) in [6, 6.07) is 13.2. The number of amidine groups is 1. The number of hydrogen-bond donors (Lipinski definition) is 0. The standard InChI is InChI=1S/C18H16ClN3O4S/c19-14-3-7-16(8-4-14)26-11-17(23)21-10-9-20-18(21)27-12-13-1-5-15(6-2-13)22(24)25/h1-8H,9-12H2. The lowest BCUT2D eigenvalue weighted by Gasteiger charge is -2.18. The third kappa shape index (κ3) is 5.21. The van der Waals surface area contributed by atoms with Gasteiger partial charge in [0.2, 0.25) is 0 Å². The van der Waals surface area contributed by atoms with Crippen molar-refractivity contribution in [1.82, 2.24) is 4.90 Å². The van der Waals surface area contributed by atoms with Crippen LogP contribution < -0.4 is 4.74 Å². The van der Waals surface area contributed by atoms with Crippen molar-refractivity contribution in [1.29, 1.82) is 0 Å². The van der Waals surface area contributed by atoms with Crippen LogP contribution in [0.15, 0.2) is 53.5 Å². The summed E-state index contributed by atoms with van der Waals surface area (Å²) in [4.78, 5) is 28.7. The Morgan fingerprint density at radius 3 is 2.59 bits per heavy atom. The summed E-state index contributed by atoms with van der Waals surface area (Å²) < 4.78 is 5.50. The number of carbonyl (C=O) groups is 1. The number of non-ortho nitro benzene ring substituents is 1. The van der Waals surface area contributed by atoms with E-state index in [1.807, 2.05) is 0 Å². The number of nitro benzene ring substituents is 1. The third-order valence-corrected chi connectivity index (χ3v) is 5.13. The lowest BCUT2D eigenvalue weighted by Crippen LogP contribution is -2.36. The summed E-state index contributed by atoms with van der Waals surface area (Å²) in [6.07, 6.45) is 0. The van der Waals surface area contributed by atoms with Crippen LogP contribution in [0.1, 0.15) is 5.56 Å². The number of ether oxygens (including phenoxy) is 1. The zero-order valence-corrected chi connectivity index (χ0v) is 15.8. The average molecular weight is 406 g/mol. The van der Waals surface area contributed by atoms with E-state index in [0.717, 1.165) is 5.56 Å². The first-order valence-corrected chi connectivity index (χ1v) is 9.48. The van der Waals surface area contributed by atoms with Gasteiger partial charge in [0.25, 0.3) is 11.6 Å². The van der Waals surface area contributed by atoms with Crippen LogP contribution in [0.3, 0.4) is 0 Å². The molecule has 1 heterocycles. The van der Waals surface area contributed by atoms with Crippen LogP contribution in [-0.4, -0.2) is 40.6 Å². The van der Waals surface area contributed by atoms with Crippen molar-refractivity contribution in [3.63, 3.8) is 0 Å². The van der Waals surface area contributed by atoms with Crippen LogP contribution in [-0.2, 0) is 10.5 Å². The van der Waals surface area contributed by atoms with Gasteiger partial charge in [-0.25, -0.2) is 0 Å². The molecule has 140 valence electrons. The lowest BCUT2D eigenvalue weighted by molar-refractivity contribution is -0.384. The Morgan fingerprint density at radius 2 is 1.93 bits per heavy atom. The number of hydrogen-bond acceptors (Lipinski definition) is 6. The SMILES string of the molecule is O=C(COc1ccc(Cl)cc1)N1CCN=C1SCc1ccc([N+](=O)[O-])cc1. The molecule has 1 aliphatic heterocycles. The molecule has 0 unspecified atom stereocenters. The fraction of sp³-hybridized carbons (Fsp3) is 0.222. The average Bonchev–Trinajstić information content (AvgIpc) is 3.14. The molecule has 9 heteroatoms. The molecule has 0 N–H and O–H groups in total. The number of aliphatic imine (C=N–C) groups is 1. The van der Waals surface area contributed by atoms with Gasteiger partial charge in [0.15, 0.2) is 11.8 Å². The predicted octanol–water partition coefficient (Wildman–Crippen LogP) is 3.76. The Morgan fingerprint density at radius 1 is 1.22 bits per heavy atom. The van der Waals surface area contributed by atoms with Crippen molar-refractivity contribution in [3.05, 3.63) is 69.2 Å². The molecule has 0 fully saturated rings. The quantitative estimate of drug-likeness (QED) is 0.539. The molecule has 0 aliphatic carbocycles. The summed E-state index contributed by atoms with van der Waals surface area (Å²) in [5, 5.41) is 11.9. The van der Waals surface area contributed by atoms with Crippen LogP contribution >= 0.6 is 23.4 Å². The minimum absolute atomic E-state index is 0.0538. The molecule has 0 atom stereocenters. The highest BCUT2D eigenvalue weighted by Gasteiger charge is 2.24. The highest BCUT2D eigenvalue weighted by atomic mass is 35.5. The van der Waals surface area contributed by atoms with Gasteiger partial charge >= 0.3 is 0 Å². The van der Waals surface area contributed by atoms with E-state index in [1.165, 1.54) is 23.9 Å². The van der Waals surface area contributed by atoms with Gasteiger partial charge in [-0.2, -0.15) is 0 Å². The minimum atomic E-state index is -0.431. The number of halogens is 1. The van der Waals surface area contributed by atoms with E-state index < -0.39 is 4.92 Å². The largest absolute Gasteiger partial charge is 0.484 e. The molecule has 7 nitrogen and oxygen atoms in total. The third-order valence-electron chi connectivity index (χ3n) is 3.79. The molecular formula is C18H16ClN3O4S. The van der Waals surface area contributed by atoms with Gasteiger partial charge in [-0.3, -0.25) is 24.8 Å². The molecular weight excluding hydrogens is 390 g/mol. The topological polar surface area (TPSA) is 85.0 Å². The molecule has 27 heavy (non-hydrogen) atoms. The maximum absolute atomic E-state index is 12.4. The van der Waals surface area contributed by atoms with Crippen LogP contribution in [0.25, 0.3) is 0 Å². The zero-order chi connectivity index (χ0) is 19.2. The molecule has 0 saturated heterocycles. The van der Waals surface area contributed by atoms with E-state index in [0.29, 0.717) is 34.8 Å². The Labute approximate surface area is 165 Å². The van der Waals surface area contributed by atoms with E-state index in [2.05, 4.69) is 4.99 Å². The molecule has 1 amide bonds. The first-order valence-electron chi connectivity index (χ1n) is 8.12. The maximum Gasteiger partial charge on any atom is 0.269 e. The van der Waals surface area contributed by atoms with Crippen LogP contribution in [0.4, 0.5) is 5.69 Å². The second kappa shape index (κ2) is 8.88. The minimum Gasteiger partial charge on any atom is -0.484 e. The number of nitro groups is 1. The second-order valence-electron chi connectivity index (χ2n) is 5.66. The zero-order valence-electron chi connectivity index (χ0n) is 14.2. The smallest absolute Gasteiger partial charge is 0.269 e. The van der Waals surface area contributed by atoms with Crippen molar-refractivity contribution >= 4 is 40.1 Å². The molecule has 1 aliphatic rings. The van der Waals surface area contributed by atoms with E-state index in [1.54, 1.807) is 41.3 Å². The van der Waals surface area contributed by atoms with Crippen molar-refractivity contribution in [2.75, 3.05) is 19.7 Å². The molecule has 2 aromatic carbocycles. The number of thioether (sulfide) groups is 1. The van der Waals surface area contributed by atoms with Gasteiger partial charge in [-0.1, -0.05) is 35.5 Å². The van der Waals surface area contributed by atoms with Crippen LogP contribution in [0.2, 0.25) is 5.02 Å². The van der Waals surface area contributed by atoms with Crippen molar-refractivity contribution in [2.45, 2.75) is 5.75 Å². The highest BCUT2D eigenvalue weighted by molar-refractivity contribution is 8.13. The molecule has 2 aromatic rings. The highest BCUT2D eigenvalue weighted by Crippen LogP contribution is 2.22. The summed E-state index contributed by atoms with van der Waals surface area (Å²) in [5.41, 5.74) is 0.975. The van der Waals surface area contributed by atoms with E-state index in [4.69, 9.17) is 16.3 Å². The van der Waals surface area contributed by atoms with Crippen LogP contribution in [0.5, 0.6) is 5.75 Å². The van der Waals surface area contributed by atoms with Gasteiger partial charge in [-0.15, -0.1) is 0 Å². The fourth-order valence-electron chi connectivity index (χ4n) is 2.40. The fourth-order valence-corrected chi connectivity index (χ4v) is 3.54. The first-order chi connectivity index (χ1) is 13.0. The number of benzene rings is 2. The number of amides is 1. The molecule has 0 bridgehead atoms. The predicted molar refractivity (Wildman–Crippen MR) is 105 cm³/mol. The molecule has 0 aromatic heterocycles. The van der Waals surface area contributed by atoms with Crippen molar-refractivity contribution in [2.24, 2.45) is 4.99 Å². The summed E-state index contributed by atoms with van der Waals surface area (Å²) in [5.74, 6) is 0.972. The van der Waals surface area contributed by atoms with Gasteiger partial charge in [0.05, 0.1) is 11.5 Å². The van der Waals surface area contributed by atoms with Gasteiger partial charge in [0, 0.05) is 29.5 Å². The summed E-state index contributed by atoms with van der Waals surface area (Å²) in [7, 11) is 0. The van der Waals surface area contributed by atoms with Gasteiger partial charge in [0.1, 0.15) is 5.75 Å². The Kier molecular flexibility index (Phi) is 6.31. The molecule has 0 radical (unpaired) electrons. The molecule has 0 spiro atoms. The monoisotopic (exact) mass is 405 g/mol. The van der Waals surface area contributed by atoms with Gasteiger partial charge in [-0.05, 0) is 29.8 Å². The Bertz CT molecular complexity index is 856. The molecule has 3 rings (SSSR count). The Hall–Kier alpha value is -2.58. The van der Waals surface area contributed by atoms with E-state index in [-0.39, 0.29) is 18.2 Å².